The van der Waals surface area contributed by atoms with E-state index in [2.05, 4.69) is 24.4 Å². The van der Waals surface area contributed by atoms with Gasteiger partial charge in [-0.05, 0) is 50.1 Å². The standard InChI is InChI=1S/C19H23NO2/c1-3-22-18-11-9-17(10-12-18)19(21)14-20-15(2)13-16-7-5-4-6-8-16/h4-12,15,20H,3,13-14H2,1-2H3. The molecule has 0 bridgehead atoms. The summed E-state index contributed by atoms with van der Waals surface area (Å²) in [5.74, 6) is 0.896. The molecule has 0 aliphatic carbocycles. The Bertz CT molecular complexity index is 578. The van der Waals surface area contributed by atoms with E-state index in [1.54, 1.807) is 0 Å². The highest BCUT2D eigenvalue weighted by atomic mass is 16.5. The summed E-state index contributed by atoms with van der Waals surface area (Å²) >= 11 is 0. The number of nitrogens with one attached hydrogen (secondary N) is 1. The maximum atomic E-state index is 12.2. The molecule has 1 atom stereocenters. The van der Waals surface area contributed by atoms with Crippen LogP contribution in [0.2, 0.25) is 0 Å². The number of Topliss-reactive ketones (excluding diaryl/α,β-unsaturated/α-hetero) is 1. The van der Waals surface area contributed by atoms with Crippen LogP contribution in [0, 0.1) is 0 Å². The van der Waals surface area contributed by atoms with Crippen LogP contribution in [0.4, 0.5) is 0 Å². The molecule has 1 N–H and O–H groups in total. The predicted molar refractivity (Wildman–Crippen MR) is 89.6 cm³/mol. The molecule has 1 unspecified atom stereocenters. The van der Waals surface area contributed by atoms with Crippen molar-refractivity contribution in [2.24, 2.45) is 0 Å². The van der Waals surface area contributed by atoms with Gasteiger partial charge in [-0.3, -0.25) is 4.79 Å². The van der Waals surface area contributed by atoms with Crippen molar-refractivity contribution in [3.8, 4) is 5.75 Å². The predicted octanol–water partition coefficient (Wildman–Crippen LogP) is 3.49. The van der Waals surface area contributed by atoms with Gasteiger partial charge >= 0.3 is 0 Å². The third-order valence-electron chi connectivity index (χ3n) is 3.48. The van der Waals surface area contributed by atoms with Gasteiger partial charge in [0.2, 0.25) is 0 Å². The van der Waals surface area contributed by atoms with Crippen molar-refractivity contribution in [1.82, 2.24) is 5.32 Å². The third kappa shape index (κ3) is 5.01. The minimum Gasteiger partial charge on any atom is -0.494 e. The second kappa shape index (κ2) is 8.35. The number of hydrogen-bond acceptors (Lipinski definition) is 3. The highest BCUT2D eigenvalue weighted by molar-refractivity contribution is 5.97. The van der Waals surface area contributed by atoms with Crippen LogP contribution >= 0.6 is 0 Å². The lowest BCUT2D eigenvalue weighted by Crippen LogP contribution is -2.33. The van der Waals surface area contributed by atoms with Gasteiger partial charge < -0.3 is 10.1 Å². The zero-order valence-corrected chi connectivity index (χ0v) is 13.2. The fourth-order valence-electron chi connectivity index (χ4n) is 2.31. The van der Waals surface area contributed by atoms with Crippen LogP contribution in [0.3, 0.4) is 0 Å². The van der Waals surface area contributed by atoms with E-state index in [4.69, 9.17) is 4.74 Å². The van der Waals surface area contributed by atoms with Crippen LogP contribution in [-0.4, -0.2) is 25.0 Å². The molecule has 22 heavy (non-hydrogen) atoms. The quantitative estimate of drug-likeness (QED) is 0.758. The first kappa shape index (κ1) is 16.2. The SMILES string of the molecule is CCOc1ccc(C(=O)CNC(C)Cc2ccccc2)cc1. The summed E-state index contributed by atoms with van der Waals surface area (Å²) in [6.45, 7) is 5.02. The second-order valence-electron chi connectivity index (χ2n) is 5.35. The summed E-state index contributed by atoms with van der Waals surface area (Å²) in [5, 5.41) is 3.29. The van der Waals surface area contributed by atoms with E-state index in [9.17, 15) is 4.79 Å². The van der Waals surface area contributed by atoms with Crippen molar-refractivity contribution in [2.75, 3.05) is 13.2 Å². The number of ether oxygens (including phenoxy) is 1. The molecule has 2 aromatic rings. The van der Waals surface area contributed by atoms with Gasteiger partial charge in [-0.1, -0.05) is 30.3 Å². The van der Waals surface area contributed by atoms with Crippen molar-refractivity contribution < 1.29 is 9.53 Å². The molecule has 0 radical (unpaired) electrons. The summed E-state index contributed by atoms with van der Waals surface area (Å²) in [7, 11) is 0. The Morgan fingerprint density at radius 2 is 1.77 bits per heavy atom. The maximum Gasteiger partial charge on any atom is 0.176 e. The van der Waals surface area contributed by atoms with Gasteiger partial charge in [-0.25, -0.2) is 0 Å². The van der Waals surface area contributed by atoms with Gasteiger partial charge in [0, 0.05) is 11.6 Å². The van der Waals surface area contributed by atoms with E-state index in [0.717, 1.165) is 12.2 Å². The van der Waals surface area contributed by atoms with Gasteiger partial charge in [0.15, 0.2) is 5.78 Å². The average molecular weight is 297 g/mol. The van der Waals surface area contributed by atoms with Gasteiger partial charge in [-0.2, -0.15) is 0 Å². The largest absolute Gasteiger partial charge is 0.494 e. The molecule has 0 fully saturated rings. The van der Waals surface area contributed by atoms with Crippen molar-refractivity contribution in [3.05, 3.63) is 65.7 Å². The Hall–Kier alpha value is -2.13. The van der Waals surface area contributed by atoms with Crippen molar-refractivity contribution >= 4 is 5.78 Å². The smallest absolute Gasteiger partial charge is 0.176 e. The van der Waals surface area contributed by atoms with E-state index in [0.29, 0.717) is 18.7 Å². The Balaban J connectivity index is 1.81. The zero-order valence-electron chi connectivity index (χ0n) is 13.2. The molecule has 0 saturated carbocycles. The molecule has 3 nitrogen and oxygen atoms in total. The van der Waals surface area contributed by atoms with Crippen molar-refractivity contribution in [1.29, 1.82) is 0 Å². The van der Waals surface area contributed by atoms with Gasteiger partial charge in [0.1, 0.15) is 5.75 Å². The summed E-state index contributed by atoms with van der Waals surface area (Å²) in [6.07, 6.45) is 0.914. The summed E-state index contributed by atoms with van der Waals surface area (Å²) in [6, 6.07) is 17.9. The second-order valence-corrected chi connectivity index (χ2v) is 5.35. The third-order valence-corrected chi connectivity index (χ3v) is 3.48. The molecular formula is C19H23NO2. The molecule has 0 saturated heterocycles. The van der Waals surface area contributed by atoms with Crippen molar-refractivity contribution in [3.63, 3.8) is 0 Å². The number of benzene rings is 2. The number of rotatable bonds is 8. The van der Waals surface area contributed by atoms with Gasteiger partial charge in [0.05, 0.1) is 13.2 Å². The molecule has 0 aliphatic rings. The molecule has 0 spiro atoms. The molecule has 2 aromatic carbocycles. The number of ketones is 1. The summed E-state index contributed by atoms with van der Waals surface area (Å²) < 4.78 is 5.38. The fourth-order valence-corrected chi connectivity index (χ4v) is 2.31. The Labute approximate surface area is 132 Å². The Kier molecular flexibility index (Phi) is 6.16. The fraction of sp³-hybridized carbons (Fsp3) is 0.316. The molecule has 0 amide bonds. The lowest BCUT2D eigenvalue weighted by Gasteiger charge is -2.13. The first-order valence-corrected chi connectivity index (χ1v) is 7.72. The van der Waals surface area contributed by atoms with Crippen LogP contribution in [0.5, 0.6) is 5.75 Å². The molecule has 3 heteroatoms. The van der Waals surface area contributed by atoms with E-state index >= 15 is 0 Å². The summed E-state index contributed by atoms with van der Waals surface area (Å²) in [5.41, 5.74) is 1.99. The van der Waals surface area contributed by atoms with Crippen LogP contribution < -0.4 is 10.1 Å². The average Bonchev–Trinajstić information content (AvgIpc) is 2.54. The first-order valence-electron chi connectivity index (χ1n) is 7.72. The Morgan fingerprint density at radius 3 is 2.41 bits per heavy atom. The molecule has 116 valence electrons. The van der Waals surface area contributed by atoms with Crippen LogP contribution in [0.25, 0.3) is 0 Å². The van der Waals surface area contributed by atoms with E-state index in [-0.39, 0.29) is 11.8 Å². The summed E-state index contributed by atoms with van der Waals surface area (Å²) in [4.78, 5) is 12.2. The minimum atomic E-state index is 0.1000. The lowest BCUT2D eigenvalue weighted by molar-refractivity contribution is 0.0987. The monoisotopic (exact) mass is 297 g/mol. The molecule has 0 heterocycles. The zero-order chi connectivity index (χ0) is 15.8. The molecular weight excluding hydrogens is 274 g/mol. The number of carbonyl (C=O) groups is 1. The molecule has 0 aliphatic heterocycles. The van der Waals surface area contributed by atoms with Gasteiger partial charge in [0.25, 0.3) is 0 Å². The first-order chi connectivity index (χ1) is 10.7. The number of carbonyl (C=O) groups excluding carboxylic acids is 1. The van der Waals surface area contributed by atoms with E-state index < -0.39 is 0 Å². The van der Waals surface area contributed by atoms with Crippen molar-refractivity contribution in [2.45, 2.75) is 26.3 Å². The highest BCUT2D eigenvalue weighted by Crippen LogP contribution is 2.12. The van der Waals surface area contributed by atoms with E-state index in [1.807, 2.05) is 49.4 Å². The molecule has 0 aromatic heterocycles. The highest BCUT2D eigenvalue weighted by Gasteiger charge is 2.09. The maximum absolute atomic E-state index is 12.2. The van der Waals surface area contributed by atoms with Crippen LogP contribution in [-0.2, 0) is 6.42 Å². The lowest BCUT2D eigenvalue weighted by atomic mass is 10.1. The topological polar surface area (TPSA) is 38.3 Å². The Morgan fingerprint density at radius 1 is 1.09 bits per heavy atom. The van der Waals surface area contributed by atoms with Crippen LogP contribution in [0.1, 0.15) is 29.8 Å². The van der Waals surface area contributed by atoms with Gasteiger partial charge in [-0.15, -0.1) is 0 Å². The normalized spacial score (nSPS) is 11.9. The van der Waals surface area contributed by atoms with E-state index in [1.165, 1.54) is 5.56 Å². The minimum absolute atomic E-state index is 0.1000. The number of hydrogen-bond donors (Lipinski definition) is 1. The molecule has 2 rings (SSSR count). The van der Waals surface area contributed by atoms with Crippen LogP contribution in [0.15, 0.2) is 54.6 Å².